The second-order valence-corrected chi connectivity index (χ2v) is 3.86. The molecule has 0 radical (unpaired) electrons. The van der Waals surface area contributed by atoms with E-state index in [9.17, 15) is 9.18 Å². The van der Waals surface area contributed by atoms with Gasteiger partial charge in [-0.15, -0.1) is 0 Å². The molecule has 6 heteroatoms. The van der Waals surface area contributed by atoms with E-state index in [0.717, 1.165) is 0 Å². The van der Waals surface area contributed by atoms with Crippen molar-refractivity contribution in [2.45, 2.75) is 0 Å². The normalized spacial score (nSPS) is 10.4. The van der Waals surface area contributed by atoms with Gasteiger partial charge in [-0.2, -0.15) is 0 Å². The molecule has 2 aromatic rings. The standard InChI is InChI=1S/C10H5BrFNO3/c11-6-2-1-5(3-7(6)12)9-4-8(10(14)15)13-16-9/h1-4H,(H,14,15). The minimum atomic E-state index is -1.19. The summed E-state index contributed by atoms with van der Waals surface area (Å²) in [5.41, 5.74) is 0.221. The van der Waals surface area contributed by atoms with Crippen LogP contribution < -0.4 is 0 Å². The fraction of sp³-hybridized carbons (Fsp3) is 0. The zero-order valence-corrected chi connectivity index (χ0v) is 9.36. The van der Waals surface area contributed by atoms with Gasteiger partial charge < -0.3 is 9.63 Å². The van der Waals surface area contributed by atoms with Crippen molar-refractivity contribution in [3.8, 4) is 11.3 Å². The molecule has 0 amide bonds. The number of carbonyl (C=O) groups is 1. The number of aromatic nitrogens is 1. The van der Waals surface area contributed by atoms with E-state index >= 15 is 0 Å². The predicted molar refractivity (Wildman–Crippen MR) is 56.6 cm³/mol. The Labute approximate surface area is 97.8 Å². The SMILES string of the molecule is O=C(O)c1cc(-c2ccc(Br)c(F)c2)on1. The summed E-state index contributed by atoms with van der Waals surface area (Å²) in [6.07, 6.45) is 0. The number of aromatic carboxylic acids is 1. The minimum Gasteiger partial charge on any atom is -0.476 e. The van der Waals surface area contributed by atoms with Crippen molar-refractivity contribution in [3.63, 3.8) is 0 Å². The van der Waals surface area contributed by atoms with Crippen LogP contribution in [0.3, 0.4) is 0 Å². The number of halogens is 2. The van der Waals surface area contributed by atoms with Gasteiger partial charge in [0.05, 0.1) is 4.47 Å². The lowest BCUT2D eigenvalue weighted by Crippen LogP contribution is -1.94. The first-order chi connectivity index (χ1) is 7.58. The third-order valence-corrected chi connectivity index (χ3v) is 2.58. The van der Waals surface area contributed by atoms with Gasteiger partial charge in [-0.25, -0.2) is 9.18 Å². The molecule has 82 valence electrons. The lowest BCUT2D eigenvalue weighted by Gasteiger charge is -1.97. The van der Waals surface area contributed by atoms with E-state index in [0.29, 0.717) is 10.0 Å². The molecule has 1 aromatic heterocycles. The number of hydrogen-bond acceptors (Lipinski definition) is 3. The summed E-state index contributed by atoms with van der Waals surface area (Å²) in [7, 11) is 0. The molecule has 1 heterocycles. The second kappa shape index (κ2) is 4.05. The van der Waals surface area contributed by atoms with Crippen LogP contribution in [0.15, 0.2) is 33.3 Å². The van der Waals surface area contributed by atoms with Crippen molar-refractivity contribution in [2.24, 2.45) is 0 Å². The van der Waals surface area contributed by atoms with Crippen molar-refractivity contribution < 1.29 is 18.8 Å². The van der Waals surface area contributed by atoms with Crippen LogP contribution in [-0.2, 0) is 0 Å². The van der Waals surface area contributed by atoms with Gasteiger partial charge in [-0.3, -0.25) is 0 Å². The average molecular weight is 286 g/mol. The van der Waals surface area contributed by atoms with Gasteiger partial charge in [-0.1, -0.05) is 5.16 Å². The van der Waals surface area contributed by atoms with Gasteiger partial charge in [0, 0.05) is 11.6 Å². The van der Waals surface area contributed by atoms with Crippen LogP contribution in [0.4, 0.5) is 4.39 Å². The first-order valence-electron chi connectivity index (χ1n) is 4.23. The van der Waals surface area contributed by atoms with Crippen LogP contribution in [-0.4, -0.2) is 16.2 Å². The van der Waals surface area contributed by atoms with Gasteiger partial charge >= 0.3 is 5.97 Å². The summed E-state index contributed by atoms with van der Waals surface area (Å²) in [4.78, 5) is 10.6. The highest BCUT2D eigenvalue weighted by Gasteiger charge is 2.13. The summed E-state index contributed by atoms with van der Waals surface area (Å²) >= 11 is 3.01. The van der Waals surface area contributed by atoms with E-state index in [4.69, 9.17) is 9.63 Å². The van der Waals surface area contributed by atoms with Gasteiger partial charge in [0.15, 0.2) is 11.5 Å². The molecule has 2 rings (SSSR count). The molecule has 1 N–H and O–H groups in total. The third-order valence-electron chi connectivity index (χ3n) is 1.93. The molecule has 4 nitrogen and oxygen atoms in total. The van der Waals surface area contributed by atoms with Crippen LogP contribution in [0.5, 0.6) is 0 Å². The van der Waals surface area contributed by atoms with Crippen LogP contribution in [0.25, 0.3) is 11.3 Å². The lowest BCUT2D eigenvalue weighted by molar-refractivity contribution is 0.0686. The Hall–Kier alpha value is -1.69. The van der Waals surface area contributed by atoms with Gasteiger partial charge in [0.25, 0.3) is 0 Å². The highest BCUT2D eigenvalue weighted by atomic mass is 79.9. The molecule has 0 spiro atoms. The average Bonchev–Trinajstić information content (AvgIpc) is 2.71. The van der Waals surface area contributed by atoms with Gasteiger partial charge in [-0.05, 0) is 34.1 Å². The topological polar surface area (TPSA) is 63.3 Å². The number of rotatable bonds is 2. The number of carboxylic acids is 1. The quantitative estimate of drug-likeness (QED) is 0.921. The number of hydrogen-bond donors (Lipinski definition) is 1. The number of nitrogens with zero attached hydrogens (tertiary/aromatic N) is 1. The van der Waals surface area contributed by atoms with Crippen molar-refractivity contribution >= 4 is 21.9 Å². The Balaban J connectivity index is 2.42. The first-order valence-corrected chi connectivity index (χ1v) is 5.02. The zero-order chi connectivity index (χ0) is 11.7. The summed E-state index contributed by atoms with van der Waals surface area (Å²) in [6, 6.07) is 5.58. The molecule has 0 saturated carbocycles. The molecule has 0 aliphatic rings. The molecule has 1 aromatic carbocycles. The van der Waals surface area contributed by atoms with Crippen LogP contribution in [0.2, 0.25) is 0 Å². The lowest BCUT2D eigenvalue weighted by atomic mass is 10.1. The second-order valence-electron chi connectivity index (χ2n) is 3.01. The summed E-state index contributed by atoms with van der Waals surface area (Å²) < 4.78 is 18.3. The predicted octanol–water partition coefficient (Wildman–Crippen LogP) is 2.94. The Bertz CT molecular complexity index is 553. The van der Waals surface area contributed by atoms with Crippen molar-refractivity contribution in [1.82, 2.24) is 5.16 Å². The summed E-state index contributed by atoms with van der Waals surface area (Å²) in [5, 5.41) is 12.0. The van der Waals surface area contributed by atoms with Crippen LogP contribution in [0.1, 0.15) is 10.5 Å². The van der Waals surface area contributed by atoms with E-state index < -0.39 is 11.8 Å². The highest BCUT2D eigenvalue weighted by Crippen LogP contribution is 2.25. The molecular formula is C10H5BrFNO3. The first kappa shape index (κ1) is 10.8. The molecule has 0 unspecified atom stereocenters. The maximum atomic E-state index is 13.2. The van der Waals surface area contributed by atoms with E-state index in [2.05, 4.69) is 21.1 Å². The maximum Gasteiger partial charge on any atom is 0.358 e. The Morgan fingerprint density at radius 1 is 1.44 bits per heavy atom. The molecule has 0 bridgehead atoms. The number of benzene rings is 1. The molecule has 0 aliphatic heterocycles. The zero-order valence-electron chi connectivity index (χ0n) is 7.78. The molecule has 0 saturated heterocycles. The van der Waals surface area contributed by atoms with Crippen molar-refractivity contribution in [3.05, 3.63) is 40.2 Å². The van der Waals surface area contributed by atoms with E-state index in [1.165, 1.54) is 18.2 Å². The Morgan fingerprint density at radius 2 is 2.19 bits per heavy atom. The third kappa shape index (κ3) is 1.96. The molecule has 16 heavy (non-hydrogen) atoms. The largest absolute Gasteiger partial charge is 0.476 e. The molecular weight excluding hydrogens is 281 g/mol. The number of carboxylic acid groups (broad SMARTS) is 1. The van der Waals surface area contributed by atoms with E-state index in [1.54, 1.807) is 6.07 Å². The van der Waals surface area contributed by atoms with Crippen LogP contribution >= 0.6 is 15.9 Å². The highest BCUT2D eigenvalue weighted by molar-refractivity contribution is 9.10. The fourth-order valence-electron chi connectivity index (χ4n) is 1.16. The van der Waals surface area contributed by atoms with E-state index in [-0.39, 0.29) is 11.5 Å². The fourth-order valence-corrected chi connectivity index (χ4v) is 1.41. The minimum absolute atomic E-state index is 0.210. The van der Waals surface area contributed by atoms with Gasteiger partial charge in [0.1, 0.15) is 5.82 Å². The molecule has 0 atom stereocenters. The monoisotopic (exact) mass is 285 g/mol. The summed E-state index contributed by atoms with van der Waals surface area (Å²) in [5.74, 6) is -1.43. The summed E-state index contributed by atoms with van der Waals surface area (Å²) in [6.45, 7) is 0. The molecule has 0 fully saturated rings. The van der Waals surface area contributed by atoms with Gasteiger partial charge in [0.2, 0.25) is 0 Å². The molecule has 0 aliphatic carbocycles. The van der Waals surface area contributed by atoms with Crippen LogP contribution in [0, 0.1) is 5.82 Å². The maximum absolute atomic E-state index is 13.2. The van der Waals surface area contributed by atoms with Crippen molar-refractivity contribution in [2.75, 3.05) is 0 Å². The smallest absolute Gasteiger partial charge is 0.358 e. The Kier molecular flexibility index (Phi) is 2.74. The van der Waals surface area contributed by atoms with Crippen molar-refractivity contribution in [1.29, 1.82) is 0 Å². The van der Waals surface area contributed by atoms with E-state index in [1.807, 2.05) is 0 Å². The Morgan fingerprint density at radius 3 is 2.75 bits per heavy atom.